The fourth-order valence-electron chi connectivity index (χ4n) is 3.18. The van der Waals surface area contributed by atoms with Gasteiger partial charge in [-0.1, -0.05) is 32.0 Å². The summed E-state index contributed by atoms with van der Waals surface area (Å²) in [6, 6.07) is 10.1. The Labute approximate surface area is 180 Å². The number of benzene rings is 1. The average molecular weight is 430 g/mol. The Kier molecular flexibility index (Phi) is 7.59. The highest BCUT2D eigenvalue weighted by Gasteiger charge is 2.25. The number of ether oxygens (including phenoxy) is 1. The van der Waals surface area contributed by atoms with Gasteiger partial charge in [-0.2, -0.15) is 0 Å². The Morgan fingerprint density at radius 2 is 1.80 bits per heavy atom. The summed E-state index contributed by atoms with van der Waals surface area (Å²) in [7, 11) is 0. The van der Waals surface area contributed by atoms with Crippen LogP contribution in [0.3, 0.4) is 0 Å². The van der Waals surface area contributed by atoms with E-state index in [9.17, 15) is 14.4 Å². The quantitative estimate of drug-likeness (QED) is 0.708. The Morgan fingerprint density at radius 3 is 2.40 bits per heavy atom. The van der Waals surface area contributed by atoms with E-state index in [-0.39, 0.29) is 23.6 Å². The largest absolute Gasteiger partial charge is 0.378 e. The lowest BCUT2D eigenvalue weighted by Gasteiger charge is -2.26. The molecule has 1 unspecified atom stereocenters. The number of hydrogen-bond donors (Lipinski definition) is 2. The van der Waals surface area contributed by atoms with E-state index in [0.29, 0.717) is 43.3 Å². The highest BCUT2D eigenvalue weighted by Crippen LogP contribution is 2.15. The number of carbonyl (C=O) groups excluding carboxylic acids is 3. The number of hydrogen-bond acceptors (Lipinski definition) is 5. The molecule has 1 aliphatic heterocycles. The summed E-state index contributed by atoms with van der Waals surface area (Å²) in [6.07, 6.45) is 0.319. The molecular weight excluding hydrogens is 402 g/mol. The van der Waals surface area contributed by atoms with Crippen molar-refractivity contribution in [1.82, 2.24) is 10.2 Å². The third kappa shape index (κ3) is 5.90. The summed E-state index contributed by atoms with van der Waals surface area (Å²) in [5.41, 5.74) is 1.51. The first-order chi connectivity index (χ1) is 14.4. The molecule has 1 fully saturated rings. The normalized spacial score (nSPS) is 15.0. The van der Waals surface area contributed by atoms with Crippen LogP contribution in [0.25, 0.3) is 0 Å². The number of anilines is 1. The van der Waals surface area contributed by atoms with Crippen molar-refractivity contribution in [3.05, 3.63) is 52.2 Å². The minimum Gasteiger partial charge on any atom is -0.378 e. The molecule has 1 saturated heterocycles. The highest BCUT2D eigenvalue weighted by atomic mass is 32.1. The molecule has 0 saturated carbocycles. The summed E-state index contributed by atoms with van der Waals surface area (Å²) in [5.74, 6) is -0.520. The van der Waals surface area contributed by atoms with Crippen molar-refractivity contribution in [3.8, 4) is 0 Å². The maximum atomic E-state index is 12.7. The molecule has 1 aliphatic rings. The molecule has 2 aromatic rings. The molecule has 1 aromatic carbocycles. The van der Waals surface area contributed by atoms with E-state index in [2.05, 4.69) is 10.6 Å². The smallest absolute Gasteiger partial charge is 0.262 e. The summed E-state index contributed by atoms with van der Waals surface area (Å²) in [4.78, 5) is 39.8. The van der Waals surface area contributed by atoms with E-state index < -0.39 is 6.04 Å². The van der Waals surface area contributed by atoms with Gasteiger partial charge in [0.25, 0.3) is 5.91 Å². The molecule has 1 aromatic heterocycles. The van der Waals surface area contributed by atoms with Crippen molar-refractivity contribution >= 4 is 34.7 Å². The number of morpholine rings is 1. The molecule has 0 spiro atoms. The van der Waals surface area contributed by atoms with Gasteiger partial charge in [-0.25, -0.2) is 0 Å². The van der Waals surface area contributed by atoms with E-state index in [1.807, 2.05) is 36.3 Å². The number of nitrogens with zero attached hydrogens (tertiary/aromatic N) is 1. The van der Waals surface area contributed by atoms with Crippen molar-refractivity contribution in [2.24, 2.45) is 5.92 Å². The third-order valence-corrected chi connectivity index (χ3v) is 5.79. The standard InChI is InChI=1S/C22H27N3O4S/c1-15(2)20(24-21(27)18-4-3-13-30-18)22(28)23-17-7-5-16(6-8-17)14-19(26)25-9-11-29-12-10-25/h3-8,13,15,20H,9-12,14H2,1-2H3,(H,23,28)(H,24,27). The fourth-order valence-corrected chi connectivity index (χ4v) is 3.81. The molecule has 0 aliphatic carbocycles. The van der Waals surface area contributed by atoms with Gasteiger partial charge in [0.1, 0.15) is 6.04 Å². The van der Waals surface area contributed by atoms with E-state index in [0.717, 1.165) is 5.56 Å². The van der Waals surface area contributed by atoms with E-state index in [1.165, 1.54) is 11.3 Å². The first-order valence-electron chi connectivity index (χ1n) is 10.0. The highest BCUT2D eigenvalue weighted by molar-refractivity contribution is 7.12. The first kappa shape index (κ1) is 22.0. The molecule has 160 valence electrons. The Morgan fingerprint density at radius 1 is 1.10 bits per heavy atom. The van der Waals surface area contributed by atoms with Gasteiger partial charge in [0.15, 0.2) is 0 Å². The van der Waals surface area contributed by atoms with Crippen molar-refractivity contribution in [2.75, 3.05) is 31.6 Å². The van der Waals surface area contributed by atoms with Gasteiger partial charge >= 0.3 is 0 Å². The fraction of sp³-hybridized carbons (Fsp3) is 0.409. The molecule has 0 bridgehead atoms. The Bertz CT molecular complexity index is 859. The van der Waals surface area contributed by atoms with E-state index in [4.69, 9.17) is 4.74 Å². The average Bonchev–Trinajstić information content (AvgIpc) is 3.28. The van der Waals surface area contributed by atoms with Gasteiger partial charge in [0, 0.05) is 18.8 Å². The number of rotatable bonds is 7. The topological polar surface area (TPSA) is 87.7 Å². The minimum absolute atomic E-state index is 0.0701. The number of amides is 3. The molecule has 8 heteroatoms. The zero-order valence-electron chi connectivity index (χ0n) is 17.2. The summed E-state index contributed by atoms with van der Waals surface area (Å²) in [6.45, 7) is 6.19. The lowest BCUT2D eigenvalue weighted by molar-refractivity contribution is -0.134. The monoisotopic (exact) mass is 429 g/mol. The molecule has 3 rings (SSSR count). The molecule has 0 radical (unpaired) electrons. The van der Waals surface area contributed by atoms with Crippen LogP contribution in [-0.2, 0) is 20.7 Å². The van der Waals surface area contributed by atoms with E-state index >= 15 is 0 Å². The Balaban J connectivity index is 1.56. The second-order valence-corrected chi connectivity index (χ2v) is 8.48. The zero-order chi connectivity index (χ0) is 21.5. The van der Waals surface area contributed by atoms with Gasteiger partial charge in [-0.3, -0.25) is 14.4 Å². The van der Waals surface area contributed by atoms with Gasteiger partial charge in [-0.15, -0.1) is 11.3 Å². The van der Waals surface area contributed by atoms with Crippen LogP contribution in [0.5, 0.6) is 0 Å². The first-order valence-corrected chi connectivity index (χ1v) is 10.9. The summed E-state index contributed by atoms with van der Waals surface area (Å²) >= 11 is 1.34. The SMILES string of the molecule is CC(C)C(NC(=O)c1cccs1)C(=O)Nc1ccc(CC(=O)N2CCOCC2)cc1. The van der Waals surface area contributed by atoms with Gasteiger partial charge in [-0.05, 0) is 35.1 Å². The molecule has 30 heavy (non-hydrogen) atoms. The lowest BCUT2D eigenvalue weighted by Crippen LogP contribution is -2.46. The van der Waals surface area contributed by atoms with E-state index in [1.54, 1.807) is 24.3 Å². The molecule has 2 heterocycles. The Hall–Kier alpha value is -2.71. The molecular formula is C22H27N3O4S. The van der Waals surface area contributed by atoms with Crippen LogP contribution in [0.15, 0.2) is 41.8 Å². The summed E-state index contributed by atoms with van der Waals surface area (Å²) in [5, 5.41) is 7.49. The van der Waals surface area contributed by atoms with Crippen molar-refractivity contribution in [2.45, 2.75) is 26.3 Å². The molecule has 3 amide bonds. The third-order valence-electron chi connectivity index (χ3n) is 4.92. The number of nitrogens with one attached hydrogen (secondary N) is 2. The molecule has 2 N–H and O–H groups in total. The van der Waals surface area contributed by atoms with Crippen molar-refractivity contribution in [3.63, 3.8) is 0 Å². The van der Waals surface area contributed by atoms with Gasteiger partial charge < -0.3 is 20.3 Å². The molecule has 1 atom stereocenters. The lowest BCUT2D eigenvalue weighted by atomic mass is 10.0. The zero-order valence-corrected chi connectivity index (χ0v) is 18.0. The van der Waals surface area contributed by atoms with Crippen LogP contribution in [0.1, 0.15) is 29.1 Å². The maximum absolute atomic E-state index is 12.7. The summed E-state index contributed by atoms with van der Waals surface area (Å²) < 4.78 is 5.27. The predicted molar refractivity (Wildman–Crippen MR) is 117 cm³/mol. The maximum Gasteiger partial charge on any atom is 0.262 e. The van der Waals surface area contributed by atoms with Crippen molar-refractivity contribution < 1.29 is 19.1 Å². The second-order valence-electron chi connectivity index (χ2n) is 7.53. The van der Waals surface area contributed by atoms with Crippen LogP contribution < -0.4 is 10.6 Å². The predicted octanol–water partition coefficient (Wildman–Crippen LogP) is 2.54. The van der Waals surface area contributed by atoms with Crippen LogP contribution in [-0.4, -0.2) is 55.0 Å². The van der Waals surface area contributed by atoms with Crippen LogP contribution in [0, 0.1) is 5.92 Å². The number of carbonyl (C=O) groups is 3. The number of thiophene rings is 1. The van der Waals surface area contributed by atoms with Gasteiger partial charge in [0.05, 0.1) is 24.5 Å². The van der Waals surface area contributed by atoms with Crippen LogP contribution >= 0.6 is 11.3 Å². The van der Waals surface area contributed by atoms with Crippen molar-refractivity contribution in [1.29, 1.82) is 0 Å². The minimum atomic E-state index is -0.651. The van der Waals surface area contributed by atoms with Gasteiger partial charge in [0.2, 0.25) is 11.8 Å². The molecule has 7 nitrogen and oxygen atoms in total. The second kappa shape index (κ2) is 10.4. The van der Waals surface area contributed by atoms with Crippen LogP contribution in [0.4, 0.5) is 5.69 Å². The van der Waals surface area contributed by atoms with Crippen LogP contribution in [0.2, 0.25) is 0 Å².